The lowest BCUT2D eigenvalue weighted by Crippen LogP contribution is -2.36. The average Bonchev–Trinajstić information content (AvgIpc) is 2.97. The third-order valence-electron chi connectivity index (χ3n) is 4.11. The van der Waals surface area contributed by atoms with Crippen molar-refractivity contribution in [1.29, 1.82) is 0 Å². The smallest absolute Gasteiger partial charge is 0.363 e. The molecular weight excluding hydrogens is 413 g/mol. The van der Waals surface area contributed by atoms with Gasteiger partial charge in [-0.1, -0.05) is 28.1 Å². The average molecular weight is 431 g/mol. The van der Waals surface area contributed by atoms with Gasteiger partial charge in [0, 0.05) is 23.0 Å². The molecule has 140 valence electrons. The van der Waals surface area contributed by atoms with Gasteiger partial charge < -0.3 is 10.6 Å². The number of halogens is 4. The molecule has 5 nitrogen and oxygen atoms in total. The summed E-state index contributed by atoms with van der Waals surface area (Å²) in [6.07, 6.45) is -4.67. The fraction of sp³-hybridized carbons (Fsp3) is 0.412. The molecule has 1 aromatic carbocycles. The Bertz CT molecular complexity index is 801. The number of rotatable bonds is 3. The molecule has 0 bridgehead atoms. The van der Waals surface area contributed by atoms with Crippen molar-refractivity contribution in [3.63, 3.8) is 0 Å². The lowest BCUT2D eigenvalue weighted by Gasteiger charge is -2.33. The zero-order valence-electron chi connectivity index (χ0n) is 14.1. The van der Waals surface area contributed by atoms with Gasteiger partial charge in [0.25, 0.3) is 5.91 Å². The van der Waals surface area contributed by atoms with E-state index in [1.165, 1.54) is 6.07 Å². The van der Waals surface area contributed by atoms with E-state index in [1.807, 2.05) is 0 Å². The molecule has 0 fully saturated rings. The number of hydrogen-bond acceptors (Lipinski definition) is 3. The molecule has 3 rings (SSSR count). The van der Waals surface area contributed by atoms with Crippen molar-refractivity contribution in [1.82, 2.24) is 15.1 Å². The summed E-state index contributed by atoms with van der Waals surface area (Å²) in [5.41, 5.74) is 0.704. The Labute approximate surface area is 157 Å². The number of fused-ring (bicyclic) bond motifs is 1. The monoisotopic (exact) mass is 430 g/mol. The van der Waals surface area contributed by atoms with Crippen LogP contribution in [0.4, 0.5) is 19.0 Å². The van der Waals surface area contributed by atoms with Crippen LogP contribution in [0.5, 0.6) is 0 Å². The van der Waals surface area contributed by atoms with E-state index in [4.69, 9.17) is 0 Å². The standard InChI is InChI=1S/C17H18BrF3N4O/c1-9(2)22-16(26)13-8-15-23-12(10-3-5-11(18)6-4-10)7-14(17(19,20)21)25(15)24-13/h3-6,8-9,12,14,23H,7H2,1-2H3,(H,22,26)/t12-,14-/m0/s1. The zero-order chi connectivity index (χ0) is 19.1. The van der Waals surface area contributed by atoms with Gasteiger partial charge in [-0.3, -0.25) is 4.79 Å². The van der Waals surface area contributed by atoms with Gasteiger partial charge in [-0.25, -0.2) is 4.68 Å². The molecule has 0 radical (unpaired) electrons. The number of carbonyl (C=O) groups excluding carboxylic acids is 1. The van der Waals surface area contributed by atoms with Crippen molar-refractivity contribution in [3.8, 4) is 0 Å². The van der Waals surface area contributed by atoms with Crippen molar-refractivity contribution in [2.24, 2.45) is 0 Å². The van der Waals surface area contributed by atoms with Gasteiger partial charge in [0.05, 0.1) is 6.04 Å². The number of hydrogen-bond donors (Lipinski definition) is 2. The molecule has 1 aliphatic rings. The van der Waals surface area contributed by atoms with Gasteiger partial charge in [0.15, 0.2) is 11.7 Å². The van der Waals surface area contributed by atoms with Crippen LogP contribution in [0.2, 0.25) is 0 Å². The van der Waals surface area contributed by atoms with Gasteiger partial charge in [-0.15, -0.1) is 0 Å². The first-order valence-corrected chi connectivity index (χ1v) is 8.93. The van der Waals surface area contributed by atoms with E-state index < -0.39 is 24.2 Å². The number of aromatic nitrogens is 2. The highest BCUT2D eigenvalue weighted by Gasteiger charge is 2.46. The maximum Gasteiger partial charge on any atom is 0.410 e. The summed E-state index contributed by atoms with van der Waals surface area (Å²) in [5, 5.41) is 9.62. The van der Waals surface area contributed by atoms with Gasteiger partial charge in [0.1, 0.15) is 5.82 Å². The third kappa shape index (κ3) is 3.87. The van der Waals surface area contributed by atoms with Crippen LogP contribution in [0.25, 0.3) is 0 Å². The Hall–Kier alpha value is -2.03. The maximum absolute atomic E-state index is 13.6. The lowest BCUT2D eigenvalue weighted by molar-refractivity contribution is -0.173. The van der Waals surface area contributed by atoms with Crippen LogP contribution in [0.15, 0.2) is 34.8 Å². The fourth-order valence-corrected chi connectivity index (χ4v) is 3.20. The molecule has 1 aliphatic heterocycles. The summed E-state index contributed by atoms with van der Waals surface area (Å²) in [5.74, 6) is -0.315. The van der Waals surface area contributed by atoms with Gasteiger partial charge in [0.2, 0.25) is 0 Å². The molecule has 2 N–H and O–H groups in total. The number of alkyl halides is 3. The molecule has 9 heteroatoms. The third-order valence-corrected chi connectivity index (χ3v) is 4.64. The van der Waals surface area contributed by atoms with Gasteiger partial charge in [-0.2, -0.15) is 18.3 Å². The van der Waals surface area contributed by atoms with Crippen molar-refractivity contribution >= 4 is 27.7 Å². The van der Waals surface area contributed by atoms with Gasteiger partial charge in [-0.05, 0) is 31.5 Å². The second-order valence-electron chi connectivity index (χ2n) is 6.53. The molecule has 0 aliphatic carbocycles. The molecule has 1 amide bonds. The first-order chi connectivity index (χ1) is 12.1. The predicted molar refractivity (Wildman–Crippen MR) is 95.0 cm³/mol. The fourth-order valence-electron chi connectivity index (χ4n) is 2.93. The summed E-state index contributed by atoms with van der Waals surface area (Å²) in [4.78, 5) is 12.1. The summed E-state index contributed by atoms with van der Waals surface area (Å²) in [6.45, 7) is 3.54. The topological polar surface area (TPSA) is 59.0 Å². The number of nitrogens with one attached hydrogen (secondary N) is 2. The summed E-state index contributed by atoms with van der Waals surface area (Å²) >= 11 is 3.32. The second kappa shape index (κ2) is 6.94. The summed E-state index contributed by atoms with van der Waals surface area (Å²) < 4.78 is 42.5. The molecule has 0 saturated carbocycles. The van der Waals surface area contributed by atoms with E-state index in [1.54, 1.807) is 38.1 Å². The first-order valence-electron chi connectivity index (χ1n) is 8.14. The molecule has 2 atom stereocenters. The second-order valence-corrected chi connectivity index (χ2v) is 7.44. The van der Waals surface area contributed by atoms with Gasteiger partial charge >= 0.3 is 6.18 Å². The molecule has 0 unspecified atom stereocenters. The summed E-state index contributed by atoms with van der Waals surface area (Å²) in [7, 11) is 0. The highest BCUT2D eigenvalue weighted by molar-refractivity contribution is 9.10. The Morgan fingerprint density at radius 3 is 2.58 bits per heavy atom. The predicted octanol–water partition coefficient (Wildman–Crippen LogP) is 4.44. The van der Waals surface area contributed by atoms with Crippen LogP contribution < -0.4 is 10.6 Å². The highest BCUT2D eigenvalue weighted by Crippen LogP contribution is 2.43. The van der Waals surface area contributed by atoms with E-state index in [-0.39, 0.29) is 24.0 Å². The minimum absolute atomic E-state index is 0.0353. The highest BCUT2D eigenvalue weighted by atomic mass is 79.9. The first kappa shape index (κ1) is 18.8. The van der Waals surface area contributed by atoms with Crippen LogP contribution in [0.1, 0.15) is 48.4 Å². The number of carbonyl (C=O) groups is 1. The zero-order valence-corrected chi connectivity index (χ0v) is 15.7. The Kier molecular flexibility index (Phi) is 5.01. The van der Waals surface area contributed by atoms with E-state index in [0.29, 0.717) is 0 Å². The lowest BCUT2D eigenvalue weighted by atomic mass is 9.97. The minimum atomic E-state index is -4.47. The largest absolute Gasteiger partial charge is 0.410 e. The molecule has 2 heterocycles. The normalized spacial score (nSPS) is 19.8. The molecule has 26 heavy (non-hydrogen) atoms. The van der Waals surface area contributed by atoms with E-state index in [2.05, 4.69) is 31.7 Å². The Balaban J connectivity index is 1.96. The van der Waals surface area contributed by atoms with Crippen LogP contribution in [0.3, 0.4) is 0 Å². The van der Waals surface area contributed by atoms with Crippen LogP contribution in [0, 0.1) is 0 Å². The van der Waals surface area contributed by atoms with Crippen molar-refractivity contribution in [3.05, 3.63) is 46.1 Å². The van der Waals surface area contributed by atoms with E-state index in [9.17, 15) is 18.0 Å². The SMILES string of the molecule is CC(C)NC(=O)c1cc2n(n1)[C@H](C(F)(F)F)C[C@@H](c1ccc(Br)cc1)N2. The van der Waals surface area contributed by atoms with Crippen LogP contribution >= 0.6 is 15.9 Å². The number of anilines is 1. The quantitative estimate of drug-likeness (QED) is 0.756. The van der Waals surface area contributed by atoms with Crippen molar-refractivity contribution in [2.45, 2.75) is 44.6 Å². The molecule has 0 saturated heterocycles. The maximum atomic E-state index is 13.6. The molecule has 1 aromatic heterocycles. The number of nitrogens with zero attached hydrogens (tertiary/aromatic N) is 2. The number of amides is 1. The van der Waals surface area contributed by atoms with Crippen molar-refractivity contribution in [2.75, 3.05) is 5.32 Å². The van der Waals surface area contributed by atoms with Crippen LogP contribution in [-0.4, -0.2) is 27.9 Å². The number of benzene rings is 1. The van der Waals surface area contributed by atoms with E-state index >= 15 is 0 Å². The molecule has 0 spiro atoms. The van der Waals surface area contributed by atoms with E-state index in [0.717, 1.165) is 14.7 Å². The Morgan fingerprint density at radius 1 is 1.35 bits per heavy atom. The Morgan fingerprint density at radius 2 is 2.00 bits per heavy atom. The molecular formula is C17H18BrF3N4O. The summed E-state index contributed by atoms with van der Waals surface area (Å²) in [6, 6.07) is 6.01. The van der Waals surface area contributed by atoms with Crippen molar-refractivity contribution < 1.29 is 18.0 Å². The van der Waals surface area contributed by atoms with Crippen LogP contribution in [-0.2, 0) is 0 Å². The molecule has 2 aromatic rings. The minimum Gasteiger partial charge on any atom is -0.363 e.